The van der Waals surface area contributed by atoms with Crippen molar-refractivity contribution >= 4 is 37.7 Å². The highest BCUT2D eigenvalue weighted by Gasteiger charge is 2.17. The Labute approximate surface area is 168 Å². The first-order chi connectivity index (χ1) is 13.5. The van der Waals surface area contributed by atoms with Crippen molar-refractivity contribution in [3.8, 4) is 22.6 Å². The summed E-state index contributed by atoms with van der Waals surface area (Å²) in [6.07, 6.45) is 3.92. The lowest BCUT2D eigenvalue weighted by Crippen LogP contribution is -2.14. The summed E-state index contributed by atoms with van der Waals surface area (Å²) in [6.45, 7) is 0. The van der Waals surface area contributed by atoms with Crippen molar-refractivity contribution in [2.45, 2.75) is 0 Å². The Bertz CT molecular complexity index is 1430. The number of hydrogen-bond donors (Lipinski definition) is 1. The summed E-state index contributed by atoms with van der Waals surface area (Å²) in [5, 5.41) is 8.86. The molecule has 0 saturated carbocycles. The number of nitrogens with one attached hydrogen (secondary N) is 1. The number of fused-ring (bicyclic) bond motifs is 2. The van der Waals surface area contributed by atoms with Gasteiger partial charge < -0.3 is 9.13 Å². The van der Waals surface area contributed by atoms with E-state index >= 15 is 0 Å². The zero-order valence-corrected chi connectivity index (χ0v) is 16.9. The Balaban J connectivity index is 1.77. The van der Waals surface area contributed by atoms with Gasteiger partial charge in [0.15, 0.2) is 5.82 Å². The summed E-state index contributed by atoms with van der Waals surface area (Å²) in [4.78, 5) is 17.3. The first-order valence-corrected chi connectivity index (χ1v) is 9.58. The Morgan fingerprint density at radius 3 is 2.46 bits per heavy atom. The van der Waals surface area contributed by atoms with Crippen LogP contribution in [0.2, 0.25) is 0 Å². The highest BCUT2D eigenvalue weighted by molar-refractivity contribution is 9.10. The molecule has 6 nitrogen and oxygen atoms in total. The number of para-hydroxylation sites is 1. The van der Waals surface area contributed by atoms with Crippen molar-refractivity contribution < 1.29 is 0 Å². The van der Waals surface area contributed by atoms with E-state index in [0.717, 1.165) is 37.4 Å². The molecule has 3 aromatic heterocycles. The average Bonchev–Trinajstić information content (AvgIpc) is 3.20. The number of halogens is 1. The zero-order valence-electron chi connectivity index (χ0n) is 15.3. The smallest absolute Gasteiger partial charge is 0.290 e. The Hall–Kier alpha value is -3.19. The van der Waals surface area contributed by atoms with Crippen molar-refractivity contribution in [2.75, 3.05) is 0 Å². The van der Waals surface area contributed by atoms with E-state index < -0.39 is 0 Å². The van der Waals surface area contributed by atoms with Crippen LogP contribution in [0, 0.1) is 0 Å². The molecule has 0 aliphatic carbocycles. The predicted molar refractivity (Wildman–Crippen MR) is 114 cm³/mol. The van der Waals surface area contributed by atoms with Crippen LogP contribution in [0.15, 0.2) is 64.1 Å². The summed E-state index contributed by atoms with van der Waals surface area (Å²) in [7, 11) is 3.95. The molecule has 0 atom stereocenters. The molecule has 7 heteroatoms. The van der Waals surface area contributed by atoms with Gasteiger partial charge in [0, 0.05) is 63.9 Å². The number of nitrogens with zero attached hydrogens (tertiary/aromatic N) is 4. The van der Waals surface area contributed by atoms with E-state index in [0.29, 0.717) is 11.5 Å². The fraction of sp³-hybridized carbons (Fsp3) is 0.0952. The van der Waals surface area contributed by atoms with Crippen molar-refractivity contribution in [3.63, 3.8) is 0 Å². The number of benzene rings is 2. The van der Waals surface area contributed by atoms with Gasteiger partial charge >= 0.3 is 0 Å². The van der Waals surface area contributed by atoms with E-state index in [1.807, 2.05) is 78.1 Å². The van der Waals surface area contributed by atoms with Gasteiger partial charge in [0.05, 0.1) is 0 Å². The summed E-state index contributed by atoms with van der Waals surface area (Å²) >= 11 is 3.52. The Kier molecular flexibility index (Phi) is 3.73. The fourth-order valence-electron chi connectivity index (χ4n) is 3.71. The molecular formula is C21H16BrN5O. The van der Waals surface area contributed by atoms with Crippen LogP contribution in [0.4, 0.5) is 0 Å². The number of aryl methyl sites for hydroxylation is 2. The molecule has 0 unspecified atom stereocenters. The van der Waals surface area contributed by atoms with Crippen molar-refractivity contribution in [1.82, 2.24) is 24.3 Å². The number of hydrogen-bond acceptors (Lipinski definition) is 3. The van der Waals surface area contributed by atoms with Crippen molar-refractivity contribution in [3.05, 3.63) is 69.7 Å². The van der Waals surface area contributed by atoms with E-state index in [-0.39, 0.29) is 5.56 Å². The van der Waals surface area contributed by atoms with Crippen molar-refractivity contribution in [2.24, 2.45) is 14.1 Å². The van der Waals surface area contributed by atoms with Crippen LogP contribution >= 0.6 is 15.9 Å². The third kappa shape index (κ3) is 2.51. The van der Waals surface area contributed by atoms with Gasteiger partial charge in [-0.2, -0.15) is 5.10 Å². The maximum absolute atomic E-state index is 12.6. The number of H-pyrrole nitrogens is 1. The third-order valence-corrected chi connectivity index (χ3v) is 5.53. The van der Waals surface area contributed by atoms with E-state index in [1.54, 1.807) is 0 Å². The minimum Gasteiger partial charge on any atom is -0.350 e. The SMILES string of the molecule is Cn1cc(-c2n[nH]c(=O)c(-c3cn(C)c4ccc(Br)cc34)n2)c2ccccc21. The molecular weight excluding hydrogens is 418 g/mol. The molecule has 5 rings (SSSR count). The van der Waals surface area contributed by atoms with Crippen LogP contribution in [0.25, 0.3) is 44.5 Å². The second kappa shape index (κ2) is 6.17. The van der Waals surface area contributed by atoms with Gasteiger partial charge in [-0.15, -0.1) is 0 Å². The number of aromatic amines is 1. The molecule has 0 bridgehead atoms. The van der Waals surface area contributed by atoms with E-state index in [2.05, 4.69) is 31.1 Å². The molecule has 2 aromatic carbocycles. The van der Waals surface area contributed by atoms with Crippen molar-refractivity contribution in [1.29, 1.82) is 0 Å². The fourth-order valence-corrected chi connectivity index (χ4v) is 4.08. The first kappa shape index (κ1) is 16.9. The molecule has 0 aliphatic heterocycles. The molecule has 0 spiro atoms. The van der Waals surface area contributed by atoms with Gasteiger partial charge in [-0.25, -0.2) is 10.1 Å². The standard InChI is InChI=1S/C21H16BrN5O/c1-26-10-15(14-9-12(22)7-8-18(14)26)19-21(28)25-24-20(23-19)16-11-27(2)17-6-4-3-5-13(16)17/h3-11H,1-2H3,(H,25,28). The maximum atomic E-state index is 12.6. The lowest BCUT2D eigenvalue weighted by Gasteiger charge is -2.02. The molecule has 5 aromatic rings. The molecule has 0 fully saturated rings. The Morgan fingerprint density at radius 1 is 0.929 bits per heavy atom. The second-order valence-corrected chi connectivity index (χ2v) is 7.74. The maximum Gasteiger partial charge on any atom is 0.290 e. The van der Waals surface area contributed by atoms with Crippen LogP contribution in [0.1, 0.15) is 0 Å². The minimum atomic E-state index is -0.309. The van der Waals surface area contributed by atoms with Gasteiger partial charge in [0.2, 0.25) is 0 Å². The largest absolute Gasteiger partial charge is 0.350 e. The van der Waals surface area contributed by atoms with Gasteiger partial charge in [-0.3, -0.25) is 4.79 Å². The molecule has 138 valence electrons. The van der Waals surface area contributed by atoms with Gasteiger partial charge in [0.25, 0.3) is 5.56 Å². The summed E-state index contributed by atoms with van der Waals surface area (Å²) < 4.78 is 4.98. The van der Waals surface area contributed by atoms with Gasteiger partial charge in [0.1, 0.15) is 5.69 Å². The van der Waals surface area contributed by atoms with E-state index in [9.17, 15) is 4.79 Å². The molecule has 0 aliphatic rings. The molecule has 1 N–H and O–H groups in total. The topological polar surface area (TPSA) is 68.5 Å². The second-order valence-electron chi connectivity index (χ2n) is 6.82. The number of aromatic nitrogens is 5. The molecule has 3 heterocycles. The lowest BCUT2D eigenvalue weighted by atomic mass is 10.1. The van der Waals surface area contributed by atoms with Crippen LogP contribution in [0.5, 0.6) is 0 Å². The predicted octanol–water partition coefficient (Wildman–Crippen LogP) is 4.24. The van der Waals surface area contributed by atoms with Gasteiger partial charge in [-0.05, 0) is 24.3 Å². The third-order valence-electron chi connectivity index (χ3n) is 5.04. The lowest BCUT2D eigenvalue weighted by molar-refractivity contribution is 0.935. The monoisotopic (exact) mass is 433 g/mol. The molecule has 0 saturated heterocycles. The quantitative estimate of drug-likeness (QED) is 0.452. The van der Waals surface area contributed by atoms with Gasteiger partial charge in [-0.1, -0.05) is 34.1 Å². The normalized spacial score (nSPS) is 11.5. The highest BCUT2D eigenvalue weighted by atomic mass is 79.9. The average molecular weight is 434 g/mol. The molecule has 0 amide bonds. The van der Waals surface area contributed by atoms with Crippen LogP contribution in [-0.4, -0.2) is 24.3 Å². The first-order valence-electron chi connectivity index (χ1n) is 8.79. The zero-order chi connectivity index (χ0) is 19.4. The Morgan fingerprint density at radius 2 is 1.64 bits per heavy atom. The van der Waals surface area contributed by atoms with Crippen LogP contribution < -0.4 is 5.56 Å². The summed E-state index contributed by atoms with van der Waals surface area (Å²) in [5.41, 5.74) is 3.84. The minimum absolute atomic E-state index is 0.309. The van der Waals surface area contributed by atoms with E-state index in [1.165, 1.54) is 0 Å². The van der Waals surface area contributed by atoms with Crippen LogP contribution in [-0.2, 0) is 14.1 Å². The summed E-state index contributed by atoms with van der Waals surface area (Å²) in [6, 6.07) is 14.1. The highest BCUT2D eigenvalue weighted by Crippen LogP contribution is 2.32. The molecule has 28 heavy (non-hydrogen) atoms. The summed E-state index contributed by atoms with van der Waals surface area (Å²) in [5.74, 6) is 0.499. The molecule has 0 radical (unpaired) electrons. The number of rotatable bonds is 2. The van der Waals surface area contributed by atoms with Crippen LogP contribution in [0.3, 0.4) is 0 Å². The van der Waals surface area contributed by atoms with E-state index in [4.69, 9.17) is 0 Å².